The number of nitrogens with one attached hydrogen (secondary N) is 1. The predicted molar refractivity (Wildman–Crippen MR) is 94.2 cm³/mol. The molecule has 6 nitrogen and oxygen atoms in total. The van der Waals surface area contributed by atoms with Gasteiger partial charge in [0.15, 0.2) is 5.96 Å². The summed E-state index contributed by atoms with van der Waals surface area (Å²) in [6.07, 6.45) is 1.36. The minimum absolute atomic E-state index is 0.0328. The molecule has 0 radical (unpaired) electrons. The molecule has 0 aliphatic carbocycles. The van der Waals surface area contributed by atoms with E-state index in [1.165, 1.54) is 19.2 Å². The number of hydrogen-bond donors (Lipinski definition) is 1. The predicted octanol–water partition coefficient (Wildman–Crippen LogP) is 2.05. The highest BCUT2D eigenvalue weighted by Crippen LogP contribution is 2.18. The van der Waals surface area contributed by atoms with Gasteiger partial charge < -0.3 is 19.7 Å². The van der Waals surface area contributed by atoms with E-state index in [0.29, 0.717) is 12.3 Å². The maximum atomic E-state index is 13.2. The normalized spacial score (nSPS) is 17.1. The number of guanidine groups is 1. The summed E-state index contributed by atoms with van der Waals surface area (Å²) >= 11 is 0. The number of carbonyl (C=O) groups is 1. The Labute approximate surface area is 148 Å². The molecule has 1 unspecified atom stereocenters. The van der Waals surface area contributed by atoms with Crippen molar-refractivity contribution in [3.63, 3.8) is 0 Å². The molecule has 2 rings (SSSR count). The summed E-state index contributed by atoms with van der Waals surface area (Å²) in [4.78, 5) is 18.0. The van der Waals surface area contributed by atoms with E-state index in [1.807, 2.05) is 6.92 Å². The molecule has 1 saturated heterocycles. The van der Waals surface area contributed by atoms with Crippen molar-refractivity contribution in [3.8, 4) is 5.75 Å². The van der Waals surface area contributed by atoms with Gasteiger partial charge in [0.1, 0.15) is 17.7 Å². The first kappa shape index (κ1) is 19.0. The molecule has 0 amide bonds. The SMILES string of the molecule is CN=C(NCC(C)Oc1cccc(F)c1)N1CCC(C(=O)OC)CC1. The van der Waals surface area contributed by atoms with Crippen molar-refractivity contribution >= 4 is 11.9 Å². The number of carbonyl (C=O) groups excluding carboxylic acids is 1. The van der Waals surface area contributed by atoms with E-state index < -0.39 is 0 Å². The summed E-state index contributed by atoms with van der Waals surface area (Å²) in [6, 6.07) is 6.10. The number of piperidine rings is 1. The summed E-state index contributed by atoms with van der Waals surface area (Å²) in [7, 11) is 3.15. The molecule has 25 heavy (non-hydrogen) atoms. The lowest BCUT2D eigenvalue weighted by Crippen LogP contribution is -2.48. The molecule has 1 aliphatic rings. The maximum Gasteiger partial charge on any atom is 0.308 e. The Morgan fingerprint density at radius 2 is 2.16 bits per heavy atom. The van der Waals surface area contributed by atoms with Gasteiger partial charge in [0.25, 0.3) is 0 Å². The number of nitrogens with zero attached hydrogens (tertiary/aromatic N) is 2. The van der Waals surface area contributed by atoms with Crippen LogP contribution in [-0.2, 0) is 9.53 Å². The van der Waals surface area contributed by atoms with Gasteiger partial charge in [0.05, 0.1) is 19.6 Å². The minimum atomic E-state index is -0.318. The van der Waals surface area contributed by atoms with Gasteiger partial charge in [-0.2, -0.15) is 0 Å². The van der Waals surface area contributed by atoms with Crippen LogP contribution in [0.3, 0.4) is 0 Å². The highest BCUT2D eigenvalue weighted by Gasteiger charge is 2.27. The second kappa shape index (κ2) is 9.25. The number of aliphatic imine (C=N–C) groups is 1. The van der Waals surface area contributed by atoms with E-state index in [2.05, 4.69) is 15.2 Å². The second-order valence-electron chi connectivity index (χ2n) is 6.10. The van der Waals surface area contributed by atoms with Gasteiger partial charge >= 0.3 is 5.97 Å². The Balaban J connectivity index is 1.79. The number of rotatable bonds is 5. The first-order chi connectivity index (χ1) is 12.0. The van der Waals surface area contributed by atoms with E-state index in [0.717, 1.165) is 31.9 Å². The van der Waals surface area contributed by atoms with E-state index in [4.69, 9.17) is 9.47 Å². The van der Waals surface area contributed by atoms with Crippen LogP contribution in [0.5, 0.6) is 5.75 Å². The molecule has 1 aromatic carbocycles. The van der Waals surface area contributed by atoms with E-state index in [9.17, 15) is 9.18 Å². The molecular formula is C18H26FN3O3. The smallest absolute Gasteiger partial charge is 0.308 e. The first-order valence-electron chi connectivity index (χ1n) is 8.49. The van der Waals surface area contributed by atoms with E-state index in [-0.39, 0.29) is 23.8 Å². The number of hydrogen-bond acceptors (Lipinski definition) is 4. The molecule has 138 valence electrons. The van der Waals surface area contributed by atoms with Gasteiger partial charge in [-0.1, -0.05) is 6.07 Å². The molecule has 1 aliphatic heterocycles. The molecule has 1 heterocycles. The highest BCUT2D eigenvalue weighted by atomic mass is 19.1. The van der Waals surface area contributed by atoms with Crippen molar-refractivity contribution in [2.45, 2.75) is 25.9 Å². The summed E-state index contributed by atoms with van der Waals surface area (Å²) < 4.78 is 23.7. The highest BCUT2D eigenvalue weighted by molar-refractivity contribution is 5.80. The van der Waals surface area contributed by atoms with E-state index >= 15 is 0 Å². The Kier molecular flexibility index (Phi) is 7.03. The standard InChI is InChI=1S/C18H26FN3O3/c1-13(25-16-6-4-5-15(19)11-16)12-21-18(20-2)22-9-7-14(8-10-22)17(23)24-3/h4-6,11,13-14H,7-10,12H2,1-3H3,(H,20,21). The summed E-state index contributed by atoms with van der Waals surface area (Å²) in [5, 5.41) is 3.27. The van der Waals surface area contributed by atoms with Crippen LogP contribution in [0, 0.1) is 11.7 Å². The van der Waals surface area contributed by atoms with Gasteiger partial charge in [0, 0.05) is 26.2 Å². The molecule has 0 saturated carbocycles. The van der Waals surface area contributed by atoms with Crippen LogP contribution < -0.4 is 10.1 Å². The average molecular weight is 351 g/mol. The lowest BCUT2D eigenvalue weighted by molar-refractivity contribution is -0.146. The van der Waals surface area contributed by atoms with Crippen molar-refractivity contribution in [1.82, 2.24) is 10.2 Å². The molecule has 1 fully saturated rings. The molecule has 1 N–H and O–H groups in total. The minimum Gasteiger partial charge on any atom is -0.489 e. The molecule has 0 spiro atoms. The number of esters is 1. The fourth-order valence-corrected chi connectivity index (χ4v) is 2.88. The van der Waals surface area contributed by atoms with Crippen molar-refractivity contribution < 1.29 is 18.7 Å². The number of ether oxygens (including phenoxy) is 2. The summed E-state index contributed by atoms with van der Waals surface area (Å²) in [6.45, 7) is 3.95. The number of methoxy groups -OCH3 is 1. The Hall–Kier alpha value is -2.31. The zero-order valence-electron chi connectivity index (χ0n) is 15.0. The van der Waals surface area contributed by atoms with Crippen LogP contribution in [0.15, 0.2) is 29.3 Å². The zero-order valence-corrected chi connectivity index (χ0v) is 15.0. The number of halogens is 1. The third-order valence-electron chi connectivity index (χ3n) is 4.22. The van der Waals surface area contributed by atoms with Gasteiger partial charge in [-0.3, -0.25) is 9.79 Å². The Morgan fingerprint density at radius 3 is 2.76 bits per heavy atom. The van der Waals surface area contributed by atoms with Crippen molar-refractivity contribution in [2.75, 3.05) is 33.8 Å². The largest absolute Gasteiger partial charge is 0.489 e. The molecule has 7 heteroatoms. The van der Waals surface area contributed by atoms with Gasteiger partial charge in [-0.15, -0.1) is 0 Å². The first-order valence-corrected chi connectivity index (χ1v) is 8.49. The molecule has 0 bridgehead atoms. The van der Waals surface area contributed by atoms with Gasteiger partial charge in [-0.25, -0.2) is 4.39 Å². The molecule has 0 aromatic heterocycles. The van der Waals surface area contributed by atoms with Crippen LogP contribution in [-0.4, -0.2) is 56.7 Å². The molecule has 1 aromatic rings. The van der Waals surface area contributed by atoms with Crippen LogP contribution in [0.1, 0.15) is 19.8 Å². The number of likely N-dealkylation sites (tertiary alicyclic amines) is 1. The molecule has 1 atom stereocenters. The van der Waals surface area contributed by atoms with Crippen LogP contribution in [0.2, 0.25) is 0 Å². The van der Waals surface area contributed by atoms with Crippen molar-refractivity contribution in [2.24, 2.45) is 10.9 Å². The van der Waals surface area contributed by atoms with Crippen LogP contribution in [0.4, 0.5) is 4.39 Å². The van der Waals surface area contributed by atoms with Crippen molar-refractivity contribution in [1.29, 1.82) is 0 Å². The van der Waals surface area contributed by atoms with Crippen LogP contribution in [0.25, 0.3) is 0 Å². The fourth-order valence-electron chi connectivity index (χ4n) is 2.88. The molecular weight excluding hydrogens is 325 g/mol. The average Bonchev–Trinajstić information content (AvgIpc) is 2.62. The van der Waals surface area contributed by atoms with E-state index in [1.54, 1.807) is 19.2 Å². The number of benzene rings is 1. The van der Waals surface area contributed by atoms with Crippen molar-refractivity contribution in [3.05, 3.63) is 30.1 Å². The maximum absolute atomic E-state index is 13.2. The second-order valence-corrected chi connectivity index (χ2v) is 6.10. The summed E-state index contributed by atoms with van der Waals surface area (Å²) in [5.41, 5.74) is 0. The fraction of sp³-hybridized carbons (Fsp3) is 0.556. The topological polar surface area (TPSA) is 63.2 Å². The quantitative estimate of drug-likeness (QED) is 0.500. The lowest BCUT2D eigenvalue weighted by atomic mass is 9.97. The van der Waals surface area contributed by atoms with Gasteiger partial charge in [-0.05, 0) is 31.9 Å². The third kappa shape index (κ3) is 5.62. The van der Waals surface area contributed by atoms with Gasteiger partial charge in [0.2, 0.25) is 0 Å². The Bertz CT molecular complexity index is 601. The Morgan fingerprint density at radius 1 is 1.44 bits per heavy atom. The van der Waals surface area contributed by atoms with Crippen LogP contribution >= 0.6 is 0 Å². The summed E-state index contributed by atoms with van der Waals surface area (Å²) in [5.74, 6) is 0.789. The third-order valence-corrected chi connectivity index (χ3v) is 4.22. The zero-order chi connectivity index (χ0) is 18.2. The monoisotopic (exact) mass is 351 g/mol. The lowest BCUT2D eigenvalue weighted by Gasteiger charge is -2.33.